The van der Waals surface area contributed by atoms with E-state index in [0.717, 1.165) is 5.56 Å². The molecule has 2 aromatic rings. The molecule has 0 saturated carbocycles. The smallest absolute Gasteiger partial charge is 0.408 e. The summed E-state index contributed by atoms with van der Waals surface area (Å²) in [5, 5.41) is 3.12. The highest BCUT2D eigenvalue weighted by atomic mass is 16.6. The number of ether oxygens (including phenoxy) is 2. The normalized spacial score (nSPS) is 12.5. The molecule has 0 aliphatic rings. The number of alkyl carbamates (subject to hydrolysis) is 1. The maximum Gasteiger partial charge on any atom is 0.408 e. The highest BCUT2D eigenvalue weighted by molar-refractivity contribution is 5.91. The molecule has 0 spiro atoms. The molecule has 0 aliphatic carbocycles. The van der Waals surface area contributed by atoms with Crippen LogP contribution in [0.3, 0.4) is 0 Å². The van der Waals surface area contributed by atoms with E-state index < -0.39 is 29.3 Å². The molecule has 0 aliphatic heterocycles. The molecule has 7 heteroatoms. The van der Waals surface area contributed by atoms with Crippen LogP contribution >= 0.6 is 0 Å². The predicted molar refractivity (Wildman–Crippen MR) is 106 cm³/mol. The lowest BCUT2D eigenvalue weighted by molar-refractivity contribution is -0.136. The van der Waals surface area contributed by atoms with Crippen molar-refractivity contribution in [3.05, 3.63) is 39.7 Å². The number of hydrogen-bond donors (Lipinski definition) is 1. The van der Waals surface area contributed by atoms with E-state index in [9.17, 15) is 14.4 Å². The SMILES string of the molecule is CCCC(NC(=O)OC(C)(C)C)C(=O)Oc1cc(C)cc2oc(=O)cc(C)c12. The van der Waals surface area contributed by atoms with Gasteiger partial charge in [-0.05, 0) is 64.3 Å². The van der Waals surface area contributed by atoms with Gasteiger partial charge in [-0.3, -0.25) is 0 Å². The summed E-state index contributed by atoms with van der Waals surface area (Å²) in [6.07, 6.45) is 0.382. The first-order chi connectivity index (χ1) is 13.0. The quantitative estimate of drug-likeness (QED) is 0.472. The fourth-order valence-electron chi connectivity index (χ4n) is 2.82. The maximum absolute atomic E-state index is 12.8. The third-order valence-corrected chi connectivity index (χ3v) is 3.91. The molecule has 0 fully saturated rings. The Labute approximate surface area is 164 Å². The number of esters is 1. The molecule has 28 heavy (non-hydrogen) atoms. The van der Waals surface area contributed by atoms with Gasteiger partial charge in [-0.2, -0.15) is 0 Å². The van der Waals surface area contributed by atoms with Crippen molar-refractivity contribution in [1.29, 1.82) is 0 Å². The molecule has 1 aromatic heterocycles. The summed E-state index contributed by atoms with van der Waals surface area (Å²) in [7, 11) is 0. The van der Waals surface area contributed by atoms with E-state index in [1.54, 1.807) is 39.8 Å². The molecule has 1 N–H and O–H groups in total. The molecule has 1 unspecified atom stereocenters. The highest BCUT2D eigenvalue weighted by Crippen LogP contribution is 2.30. The molecule has 1 aromatic carbocycles. The number of rotatable bonds is 5. The lowest BCUT2D eigenvalue weighted by Gasteiger charge is -2.23. The number of benzene rings is 1. The maximum atomic E-state index is 12.8. The van der Waals surface area contributed by atoms with Crippen molar-refractivity contribution in [2.75, 3.05) is 0 Å². The Morgan fingerprint density at radius 3 is 2.46 bits per heavy atom. The number of nitrogens with one attached hydrogen (secondary N) is 1. The van der Waals surface area contributed by atoms with Crippen LogP contribution in [0.5, 0.6) is 5.75 Å². The number of carbonyl (C=O) groups is 2. The van der Waals surface area contributed by atoms with Crippen molar-refractivity contribution in [3.63, 3.8) is 0 Å². The Bertz CT molecular complexity index is 938. The molecule has 0 radical (unpaired) electrons. The zero-order chi connectivity index (χ0) is 21.1. The van der Waals surface area contributed by atoms with E-state index in [2.05, 4.69) is 5.32 Å². The Balaban J connectivity index is 2.30. The van der Waals surface area contributed by atoms with E-state index in [-0.39, 0.29) is 5.75 Å². The molecule has 1 amide bonds. The molecule has 7 nitrogen and oxygen atoms in total. The summed E-state index contributed by atoms with van der Waals surface area (Å²) in [6.45, 7) is 10.7. The van der Waals surface area contributed by atoms with E-state index in [1.807, 2.05) is 13.8 Å². The lowest BCUT2D eigenvalue weighted by Crippen LogP contribution is -2.45. The standard InChI is InChI=1S/C21H27NO6/c1-7-8-14(22-20(25)28-21(4,5)6)19(24)27-16-10-12(2)9-15-18(16)13(3)11-17(23)26-15/h9-11,14H,7-8H2,1-6H3,(H,22,25). The van der Waals surface area contributed by atoms with Gasteiger partial charge in [-0.15, -0.1) is 0 Å². The second kappa shape index (κ2) is 8.46. The van der Waals surface area contributed by atoms with Gasteiger partial charge < -0.3 is 19.2 Å². The molecule has 1 heterocycles. The highest BCUT2D eigenvalue weighted by Gasteiger charge is 2.26. The van der Waals surface area contributed by atoms with Gasteiger partial charge in [0.15, 0.2) is 0 Å². The van der Waals surface area contributed by atoms with Crippen LogP contribution < -0.4 is 15.7 Å². The fourth-order valence-corrected chi connectivity index (χ4v) is 2.82. The van der Waals surface area contributed by atoms with Crippen LogP contribution in [-0.4, -0.2) is 23.7 Å². The first-order valence-electron chi connectivity index (χ1n) is 9.26. The Morgan fingerprint density at radius 2 is 1.86 bits per heavy atom. The molecule has 1 atom stereocenters. The average Bonchev–Trinajstić information content (AvgIpc) is 2.51. The summed E-state index contributed by atoms with van der Waals surface area (Å²) in [6, 6.07) is 3.90. The molecular weight excluding hydrogens is 362 g/mol. The number of aryl methyl sites for hydroxylation is 2. The van der Waals surface area contributed by atoms with E-state index in [4.69, 9.17) is 13.9 Å². The molecule has 2 rings (SSSR count). The first-order valence-corrected chi connectivity index (χ1v) is 9.26. The van der Waals surface area contributed by atoms with E-state index in [1.165, 1.54) is 6.07 Å². The predicted octanol–water partition coefficient (Wildman–Crippen LogP) is 4.01. The second-order valence-electron chi connectivity index (χ2n) is 7.79. The average molecular weight is 389 g/mol. The first kappa shape index (κ1) is 21.5. The van der Waals surface area contributed by atoms with E-state index in [0.29, 0.717) is 29.4 Å². The molecule has 0 saturated heterocycles. The number of hydrogen-bond acceptors (Lipinski definition) is 6. The minimum absolute atomic E-state index is 0.286. The van der Waals surface area contributed by atoms with Gasteiger partial charge in [0.25, 0.3) is 0 Å². The topological polar surface area (TPSA) is 94.8 Å². The van der Waals surface area contributed by atoms with E-state index >= 15 is 0 Å². The van der Waals surface area contributed by atoms with Gasteiger partial charge in [-0.1, -0.05) is 13.3 Å². The summed E-state index contributed by atoms with van der Waals surface area (Å²) in [5.41, 5.74) is 0.618. The summed E-state index contributed by atoms with van der Waals surface area (Å²) >= 11 is 0. The van der Waals surface area contributed by atoms with Gasteiger partial charge >= 0.3 is 17.7 Å². The van der Waals surface area contributed by atoms with Crippen LogP contribution in [0.2, 0.25) is 0 Å². The van der Waals surface area contributed by atoms with Crippen molar-refractivity contribution in [1.82, 2.24) is 5.32 Å². The molecule has 0 bridgehead atoms. The number of amides is 1. The minimum atomic E-state index is -0.855. The third kappa shape index (κ3) is 5.58. The van der Waals surface area contributed by atoms with Gasteiger partial charge in [0, 0.05) is 6.07 Å². The van der Waals surface area contributed by atoms with Gasteiger partial charge in [-0.25, -0.2) is 14.4 Å². The Hall–Kier alpha value is -2.83. The lowest BCUT2D eigenvalue weighted by atomic mass is 10.1. The zero-order valence-corrected chi connectivity index (χ0v) is 17.2. The monoisotopic (exact) mass is 389 g/mol. The second-order valence-corrected chi connectivity index (χ2v) is 7.79. The summed E-state index contributed by atoms with van der Waals surface area (Å²) in [5.74, 6) is -0.321. The number of fused-ring (bicyclic) bond motifs is 1. The third-order valence-electron chi connectivity index (χ3n) is 3.91. The Morgan fingerprint density at radius 1 is 1.18 bits per heavy atom. The van der Waals surface area contributed by atoms with Crippen molar-refractivity contribution < 1.29 is 23.5 Å². The van der Waals surface area contributed by atoms with Crippen LogP contribution in [0.1, 0.15) is 51.7 Å². The van der Waals surface area contributed by atoms with Crippen LogP contribution in [0.4, 0.5) is 4.79 Å². The van der Waals surface area contributed by atoms with Crippen molar-refractivity contribution in [3.8, 4) is 5.75 Å². The summed E-state index contributed by atoms with van der Waals surface area (Å²) in [4.78, 5) is 36.5. The van der Waals surface area contributed by atoms with Crippen LogP contribution in [0.25, 0.3) is 11.0 Å². The molecular formula is C21H27NO6. The summed E-state index contributed by atoms with van der Waals surface area (Å²) < 4.78 is 16.1. The van der Waals surface area contributed by atoms with Crippen LogP contribution in [0.15, 0.2) is 27.4 Å². The Kier molecular flexibility index (Phi) is 6.48. The van der Waals surface area contributed by atoms with Gasteiger partial charge in [0.05, 0.1) is 5.39 Å². The largest absolute Gasteiger partial charge is 0.444 e. The minimum Gasteiger partial charge on any atom is -0.444 e. The number of carbonyl (C=O) groups excluding carboxylic acids is 2. The van der Waals surface area contributed by atoms with Gasteiger partial charge in [0.1, 0.15) is 23.0 Å². The molecule has 152 valence electrons. The van der Waals surface area contributed by atoms with Crippen molar-refractivity contribution in [2.24, 2.45) is 0 Å². The van der Waals surface area contributed by atoms with Crippen LogP contribution in [-0.2, 0) is 9.53 Å². The fraction of sp³-hybridized carbons (Fsp3) is 0.476. The van der Waals surface area contributed by atoms with Crippen molar-refractivity contribution in [2.45, 2.75) is 66.0 Å². The van der Waals surface area contributed by atoms with Gasteiger partial charge in [0.2, 0.25) is 0 Å². The van der Waals surface area contributed by atoms with Crippen molar-refractivity contribution >= 4 is 23.0 Å². The zero-order valence-electron chi connectivity index (χ0n) is 17.2. The van der Waals surface area contributed by atoms with Crippen LogP contribution in [0, 0.1) is 13.8 Å².